The van der Waals surface area contributed by atoms with Gasteiger partial charge < -0.3 is 5.11 Å². The zero-order chi connectivity index (χ0) is 14.6. The number of aliphatic hydroxyl groups is 1. The van der Waals surface area contributed by atoms with Crippen molar-refractivity contribution in [2.24, 2.45) is 0 Å². The molecular weight excluding hydrogens is 264 g/mol. The van der Waals surface area contributed by atoms with Gasteiger partial charge in [-0.1, -0.05) is 56.3 Å². The minimum absolute atomic E-state index is 0.557. The van der Waals surface area contributed by atoms with Crippen molar-refractivity contribution in [1.82, 2.24) is 0 Å². The highest BCUT2D eigenvalue weighted by atomic mass is 32.2. The van der Waals surface area contributed by atoms with Crippen LogP contribution in [0.4, 0.5) is 0 Å². The Kier molecular flexibility index (Phi) is 4.90. The minimum Gasteiger partial charge on any atom is -0.385 e. The molecule has 1 nitrogen and oxygen atoms in total. The number of benzene rings is 2. The summed E-state index contributed by atoms with van der Waals surface area (Å²) in [4.78, 5) is 1.20. The Hall–Kier alpha value is -1.25. The van der Waals surface area contributed by atoms with Gasteiger partial charge in [-0.2, -0.15) is 0 Å². The molecule has 0 saturated heterocycles. The molecule has 1 unspecified atom stereocenters. The second kappa shape index (κ2) is 6.47. The van der Waals surface area contributed by atoms with Gasteiger partial charge in [-0.3, -0.25) is 0 Å². The van der Waals surface area contributed by atoms with E-state index in [2.05, 4.69) is 38.1 Å². The van der Waals surface area contributed by atoms with Crippen LogP contribution in [0.15, 0.2) is 59.5 Å². The first-order chi connectivity index (χ1) is 9.49. The second-order valence-electron chi connectivity index (χ2n) is 5.65. The summed E-state index contributed by atoms with van der Waals surface area (Å²) in [5.41, 5.74) is 1.51. The maximum Gasteiger partial charge on any atom is 0.0962 e. The number of hydrogen-bond acceptors (Lipinski definition) is 2. The topological polar surface area (TPSA) is 20.2 Å². The lowest BCUT2D eigenvalue weighted by molar-refractivity contribution is 0.0839. The summed E-state index contributed by atoms with van der Waals surface area (Å²) < 4.78 is 0. The van der Waals surface area contributed by atoms with Crippen LogP contribution in [0.3, 0.4) is 0 Å². The predicted octanol–water partition coefficient (Wildman–Crippen LogP) is 4.81. The van der Waals surface area contributed by atoms with Gasteiger partial charge in [0.05, 0.1) is 5.60 Å². The first-order valence-corrected chi connectivity index (χ1v) is 7.98. The summed E-state index contributed by atoms with van der Waals surface area (Å²) in [5.74, 6) is 1.21. The van der Waals surface area contributed by atoms with E-state index in [-0.39, 0.29) is 0 Å². The second-order valence-corrected chi connectivity index (χ2v) is 6.70. The monoisotopic (exact) mass is 286 g/mol. The Morgan fingerprint density at radius 1 is 1.00 bits per heavy atom. The fraction of sp³-hybridized carbons (Fsp3) is 0.333. The summed E-state index contributed by atoms with van der Waals surface area (Å²) in [6, 6.07) is 18.5. The van der Waals surface area contributed by atoms with E-state index >= 15 is 0 Å². The van der Waals surface area contributed by atoms with Gasteiger partial charge in [0.2, 0.25) is 0 Å². The van der Waals surface area contributed by atoms with E-state index in [0.717, 1.165) is 5.56 Å². The largest absolute Gasteiger partial charge is 0.385 e. The van der Waals surface area contributed by atoms with Gasteiger partial charge in [-0.15, -0.1) is 11.8 Å². The lowest BCUT2D eigenvalue weighted by Crippen LogP contribution is -2.24. The molecule has 0 heterocycles. The molecule has 0 aliphatic rings. The molecule has 2 rings (SSSR count). The molecule has 106 valence electrons. The standard InChI is InChI=1S/C18H22OS/c1-14(2)15-9-11-17(12-10-15)20-13-18(3,19)16-7-5-4-6-8-16/h4-12,14,19H,13H2,1-3H3. The first-order valence-electron chi connectivity index (χ1n) is 7.00. The van der Waals surface area contributed by atoms with Crippen LogP contribution in [-0.2, 0) is 5.60 Å². The molecule has 0 bridgehead atoms. The summed E-state index contributed by atoms with van der Waals surface area (Å²) in [5, 5.41) is 10.6. The maximum atomic E-state index is 10.6. The molecular formula is C18H22OS. The Morgan fingerprint density at radius 2 is 1.60 bits per heavy atom. The Labute approximate surface area is 126 Å². The molecule has 2 aromatic carbocycles. The maximum absolute atomic E-state index is 10.6. The highest BCUT2D eigenvalue weighted by molar-refractivity contribution is 7.99. The third-order valence-electron chi connectivity index (χ3n) is 3.46. The van der Waals surface area contributed by atoms with E-state index in [9.17, 15) is 5.11 Å². The van der Waals surface area contributed by atoms with Crippen molar-refractivity contribution in [3.05, 3.63) is 65.7 Å². The molecule has 0 aliphatic heterocycles. The molecule has 0 aliphatic carbocycles. The van der Waals surface area contributed by atoms with Crippen molar-refractivity contribution in [1.29, 1.82) is 0 Å². The van der Waals surface area contributed by atoms with E-state index < -0.39 is 5.60 Å². The molecule has 2 aromatic rings. The molecule has 2 heteroatoms. The summed E-state index contributed by atoms with van der Waals surface area (Å²) >= 11 is 1.69. The molecule has 1 N–H and O–H groups in total. The zero-order valence-electron chi connectivity index (χ0n) is 12.3. The van der Waals surface area contributed by atoms with Crippen molar-refractivity contribution < 1.29 is 5.11 Å². The van der Waals surface area contributed by atoms with Crippen LogP contribution < -0.4 is 0 Å². The quantitative estimate of drug-likeness (QED) is 0.796. The normalized spacial score (nSPS) is 14.2. The van der Waals surface area contributed by atoms with Crippen molar-refractivity contribution >= 4 is 11.8 Å². The van der Waals surface area contributed by atoms with E-state index in [1.807, 2.05) is 37.3 Å². The van der Waals surface area contributed by atoms with Crippen LogP contribution in [0.1, 0.15) is 37.8 Å². The van der Waals surface area contributed by atoms with E-state index in [4.69, 9.17) is 0 Å². The Bertz CT molecular complexity index is 529. The van der Waals surface area contributed by atoms with Gasteiger partial charge in [0.15, 0.2) is 0 Å². The molecule has 1 atom stereocenters. The van der Waals surface area contributed by atoms with Gasteiger partial charge in [0, 0.05) is 10.6 Å². The average Bonchev–Trinajstić information content (AvgIpc) is 2.46. The minimum atomic E-state index is -0.803. The van der Waals surface area contributed by atoms with Crippen LogP contribution in [0.5, 0.6) is 0 Å². The molecule has 0 saturated carbocycles. The molecule has 0 aromatic heterocycles. The van der Waals surface area contributed by atoms with Crippen LogP contribution in [0.2, 0.25) is 0 Å². The summed E-state index contributed by atoms with van der Waals surface area (Å²) in [6.45, 7) is 6.27. The van der Waals surface area contributed by atoms with Crippen LogP contribution in [0.25, 0.3) is 0 Å². The number of rotatable bonds is 5. The van der Waals surface area contributed by atoms with Crippen molar-refractivity contribution in [2.75, 3.05) is 5.75 Å². The van der Waals surface area contributed by atoms with Gasteiger partial charge in [0.1, 0.15) is 0 Å². The predicted molar refractivity (Wildman–Crippen MR) is 87.3 cm³/mol. The van der Waals surface area contributed by atoms with Crippen LogP contribution >= 0.6 is 11.8 Å². The van der Waals surface area contributed by atoms with Gasteiger partial charge >= 0.3 is 0 Å². The molecule has 0 radical (unpaired) electrons. The van der Waals surface area contributed by atoms with Crippen molar-refractivity contribution in [2.45, 2.75) is 37.2 Å². The SMILES string of the molecule is CC(C)c1ccc(SCC(C)(O)c2ccccc2)cc1. The van der Waals surface area contributed by atoms with Crippen LogP contribution in [0, 0.1) is 0 Å². The molecule has 0 spiro atoms. The Morgan fingerprint density at radius 3 is 2.15 bits per heavy atom. The molecule has 0 fully saturated rings. The van der Waals surface area contributed by atoms with E-state index in [1.54, 1.807) is 11.8 Å². The third kappa shape index (κ3) is 3.87. The number of hydrogen-bond donors (Lipinski definition) is 1. The van der Waals surface area contributed by atoms with E-state index in [1.165, 1.54) is 10.5 Å². The third-order valence-corrected chi connectivity index (χ3v) is 4.77. The summed E-state index contributed by atoms with van der Waals surface area (Å²) in [6.07, 6.45) is 0. The zero-order valence-corrected chi connectivity index (χ0v) is 13.2. The number of thioether (sulfide) groups is 1. The van der Waals surface area contributed by atoms with Gasteiger partial charge in [-0.25, -0.2) is 0 Å². The fourth-order valence-corrected chi connectivity index (χ4v) is 3.00. The highest BCUT2D eigenvalue weighted by Crippen LogP contribution is 2.30. The molecule has 0 amide bonds. The fourth-order valence-electron chi connectivity index (χ4n) is 2.05. The first kappa shape index (κ1) is 15.1. The Balaban J connectivity index is 2.01. The average molecular weight is 286 g/mol. The lowest BCUT2D eigenvalue weighted by Gasteiger charge is -2.23. The van der Waals surface area contributed by atoms with Crippen LogP contribution in [-0.4, -0.2) is 10.9 Å². The van der Waals surface area contributed by atoms with Crippen molar-refractivity contribution in [3.8, 4) is 0 Å². The van der Waals surface area contributed by atoms with Gasteiger partial charge in [0.25, 0.3) is 0 Å². The smallest absolute Gasteiger partial charge is 0.0962 e. The van der Waals surface area contributed by atoms with Crippen molar-refractivity contribution in [3.63, 3.8) is 0 Å². The van der Waals surface area contributed by atoms with E-state index in [0.29, 0.717) is 11.7 Å². The van der Waals surface area contributed by atoms with Gasteiger partial charge in [-0.05, 0) is 36.1 Å². The molecule has 20 heavy (non-hydrogen) atoms. The highest BCUT2D eigenvalue weighted by Gasteiger charge is 2.22. The lowest BCUT2D eigenvalue weighted by atomic mass is 9.99. The summed E-state index contributed by atoms with van der Waals surface area (Å²) in [7, 11) is 0.